The van der Waals surface area contributed by atoms with E-state index in [2.05, 4.69) is 60.3 Å². The van der Waals surface area contributed by atoms with Crippen molar-refractivity contribution in [2.45, 2.75) is 34.1 Å². The lowest BCUT2D eigenvalue weighted by atomic mass is 10.1. The zero-order chi connectivity index (χ0) is 18.0. The predicted octanol–water partition coefficient (Wildman–Crippen LogP) is 4.73. The van der Waals surface area contributed by atoms with Crippen LogP contribution in [0.2, 0.25) is 0 Å². The minimum absolute atomic E-state index is 0.250. The van der Waals surface area contributed by atoms with Gasteiger partial charge in [0, 0.05) is 17.4 Å². The lowest BCUT2D eigenvalue weighted by Crippen LogP contribution is -2.12. The van der Waals surface area contributed by atoms with Gasteiger partial charge in [-0.05, 0) is 25.3 Å². The fourth-order valence-electron chi connectivity index (χ4n) is 2.45. The molecule has 130 valence electrons. The van der Waals surface area contributed by atoms with Gasteiger partial charge in [-0.15, -0.1) is 21.5 Å². The van der Waals surface area contributed by atoms with E-state index >= 15 is 0 Å². The third-order valence-electron chi connectivity index (χ3n) is 3.62. The van der Waals surface area contributed by atoms with Gasteiger partial charge in [0.25, 0.3) is 5.91 Å². The van der Waals surface area contributed by atoms with E-state index in [0.717, 1.165) is 27.6 Å². The summed E-state index contributed by atoms with van der Waals surface area (Å²) < 4.78 is 0. The van der Waals surface area contributed by atoms with Crippen LogP contribution < -0.4 is 5.32 Å². The van der Waals surface area contributed by atoms with Crippen LogP contribution in [0, 0.1) is 19.8 Å². The number of aryl methyl sites for hydroxylation is 2. The van der Waals surface area contributed by atoms with E-state index in [0.29, 0.717) is 16.7 Å². The molecule has 5 nitrogen and oxygen atoms in total. The predicted molar refractivity (Wildman–Crippen MR) is 103 cm³/mol. The van der Waals surface area contributed by atoms with Gasteiger partial charge in [-0.3, -0.25) is 10.1 Å². The zero-order valence-electron chi connectivity index (χ0n) is 14.7. The van der Waals surface area contributed by atoms with Crippen LogP contribution >= 0.6 is 22.7 Å². The molecule has 3 rings (SSSR count). The monoisotopic (exact) mass is 372 g/mol. The quantitative estimate of drug-likeness (QED) is 0.703. The number of rotatable bonds is 5. The van der Waals surface area contributed by atoms with Crippen molar-refractivity contribution in [2.75, 3.05) is 5.32 Å². The molecule has 0 saturated carbocycles. The van der Waals surface area contributed by atoms with E-state index in [1.54, 1.807) is 5.38 Å². The third kappa shape index (κ3) is 4.29. The summed E-state index contributed by atoms with van der Waals surface area (Å²) in [5.41, 5.74) is 3.83. The number of carbonyl (C=O) groups is 1. The second-order valence-electron chi connectivity index (χ2n) is 6.41. The maximum Gasteiger partial charge on any atom is 0.276 e. The highest BCUT2D eigenvalue weighted by Gasteiger charge is 2.15. The second kappa shape index (κ2) is 7.41. The molecule has 0 spiro atoms. The third-order valence-corrected chi connectivity index (χ3v) is 5.36. The number of benzene rings is 1. The van der Waals surface area contributed by atoms with Gasteiger partial charge in [0.2, 0.25) is 5.13 Å². The molecule has 1 aromatic carbocycles. The molecule has 0 saturated heterocycles. The van der Waals surface area contributed by atoms with Crippen LogP contribution in [0.1, 0.15) is 40.5 Å². The fourth-order valence-corrected chi connectivity index (χ4v) is 4.29. The van der Waals surface area contributed by atoms with Crippen molar-refractivity contribution in [1.82, 2.24) is 15.2 Å². The van der Waals surface area contributed by atoms with Gasteiger partial charge in [0.05, 0.1) is 0 Å². The van der Waals surface area contributed by atoms with Crippen LogP contribution in [0.4, 0.5) is 5.13 Å². The molecule has 7 heteroatoms. The van der Waals surface area contributed by atoms with E-state index in [-0.39, 0.29) is 5.91 Å². The van der Waals surface area contributed by atoms with Gasteiger partial charge in [0.15, 0.2) is 0 Å². The average Bonchev–Trinajstić information content (AvgIpc) is 3.16. The van der Waals surface area contributed by atoms with Gasteiger partial charge in [-0.1, -0.05) is 48.9 Å². The normalized spacial score (nSPS) is 11.1. The van der Waals surface area contributed by atoms with Crippen LogP contribution in [0.25, 0.3) is 10.6 Å². The van der Waals surface area contributed by atoms with E-state index < -0.39 is 0 Å². The summed E-state index contributed by atoms with van der Waals surface area (Å²) in [6.07, 6.45) is 0.862. The summed E-state index contributed by atoms with van der Waals surface area (Å²) >= 11 is 2.88. The van der Waals surface area contributed by atoms with Gasteiger partial charge in [-0.25, -0.2) is 4.98 Å². The molecular weight excluding hydrogens is 352 g/mol. The van der Waals surface area contributed by atoms with Crippen LogP contribution in [0.3, 0.4) is 0 Å². The summed E-state index contributed by atoms with van der Waals surface area (Å²) in [6, 6.07) is 6.23. The minimum Gasteiger partial charge on any atom is -0.295 e. The Balaban J connectivity index is 1.73. The molecule has 3 aromatic rings. The lowest BCUT2D eigenvalue weighted by Gasteiger charge is -2.03. The van der Waals surface area contributed by atoms with Crippen molar-refractivity contribution in [3.05, 3.63) is 45.4 Å². The Labute approximate surface area is 155 Å². The SMILES string of the molecule is Cc1ccc(-c2nc(C(=O)Nc3nnc(CC(C)C)s3)cs2)c(C)c1. The molecular formula is C18H20N4OS2. The smallest absolute Gasteiger partial charge is 0.276 e. The number of hydrogen-bond donors (Lipinski definition) is 1. The molecule has 1 N–H and O–H groups in total. The first-order chi connectivity index (χ1) is 11.9. The first-order valence-electron chi connectivity index (χ1n) is 8.09. The van der Waals surface area contributed by atoms with E-state index in [9.17, 15) is 4.79 Å². The topological polar surface area (TPSA) is 67.8 Å². The molecule has 0 aliphatic rings. The minimum atomic E-state index is -0.250. The number of hydrogen-bond acceptors (Lipinski definition) is 6. The molecule has 25 heavy (non-hydrogen) atoms. The first kappa shape index (κ1) is 17.7. The van der Waals surface area contributed by atoms with Crippen LogP contribution in [0.15, 0.2) is 23.6 Å². The van der Waals surface area contributed by atoms with Crippen molar-refractivity contribution < 1.29 is 4.79 Å². The van der Waals surface area contributed by atoms with Crippen molar-refractivity contribution in [2.24, 2.45) is 5.92 Å². The standard InChI is InChI=1S/C18H20N4OS2/c1-10(2)7-15-21-22-18(25-15)20-16(23)14-9-24-17(19-14)13-6-5-11(3)8-12(13)4/h5-6,8-10H,7H2,1-4H3,(H,20,22,23). The number of carbonyl (C=O) groups excluding carboxylic acids is 1. The molecule has 0 bridgehead atoms. The Kier molecular flexibility index (Phi) is 5.24. The van der Waals surface area contributed by atoms with E-state index in [1.807, 2.05) is 6.07 Å². The van der Waals surface area contributed by atoms with E-state index in [4.69, 9.17) is 0 Å². The maximum atomic E-state index is 12.4. The summed E-state index contributed by atoms with van der Waals surface area (Å²) in [5.74, 6) is 0.259. The summed E-state index contributed by atoms with van der Waals surface area (Å²) in [7, 11) is 0. The number of amides is 1. The number of anilines is 1. The Morgan fingerprint density at radius 3 is 2.76 bits per heavy atom. The highest BCUT2D eigenvalue weighted by Crippen LogP contribution is 2.28. The molecule has 1 amide bonds. The Bertz CT molecular complexity index is 898. The zero-order valence-corrected chi connectivity index (χ0v) is 16.3. The van der Waals surface area contributed by atoms with Crippen LogP contribution in [-0.2, 0) is 6.42 Å². The van der Waals surface area contributed by atoms with Gasteiger partial charge in [-0.2, -0.15) is 0 Å². The largest absolute Gasteiger partial charge is 0.295 e. The fraction of sp³-hybridized carbons (Fsp3) is 0.333. The maximum absolute atomic E-state index is 12.4. The van der Waals surface area contributed by atoms with Gasteiger partial charge < -0.3 is 0 Å². The summed E-state index contributed by atoms with van der Waals surface area (Å²) in [5, 5.41) is 15.0. The number of thiazole rings is 1. The number of nitrogens with one attached hydrogen (secondary N) is 1. The summed E-state index contributed by atoms with van der Waals surface area (Å²) in [4.78, 5) is 16.9. The molecule has 2 heterocycles. The molecule has 0 aliphatic heterocycles. The van der Waals surface area contributed by atoms with E-state index in [1.165, 1.54) is 28.2 Å². The van der Waals surface area contributed by atoms with Crippen LogP contribution in [-0.4, -0.2) is 21.1 Å². The molecule has 2 aromatic heterocycles. The average molecular weight is 373 g/mol. The Morgan fingerprint density at radius 1 is 1.24 bits per heavy atom. The van der Waals surface area contributed by atoms with Crippen LogP contribution in [0.5, 0.6) is 0 Å². The molecule has 0 atom stereocenters. The highest BCUT2D eigenvalue weighted by atomic mass is 32.1. The van der Waals surface area contributed by atoms with Crippen molar-refractivity contribution >= 4 is 33.7 Å². The second-order valence-corrected chi connectivity index (χ2v) is 8.33. The molecule has 0 unspecified atom stereocenters. The van der Waals surface area contributed by atoms with Crippen molar-refractivity contribution in [3.8, 4) is 10.6 Å². The Morgan fingerprint density at radius 2 is 2.04 bits per heavy atom. The van der Waals surface area contributed by atoms with Gasteiger partial charge in [0.1, 0.15) is 15.7 Å². The van der Waals surface area contributed by atoms with Crippen molar-refractivity contribution in [3.63, 3.8) is 0 Å². The molecule has 0 aliphatic carbocycles. The molecule has 0 radical (unpaired) electrons. The summed E-state index contributed by atoms with van der Waals surface area (Å²) in [6.45, 7) is 8.38. The Hall–Kier alpha value is -2.12. The first-order valence-corrected chi connectivity index (χ1v) is 9.79. The lowest BCUT2D eigenvalue weighted by molar-refractivity contribution is 0.102. The van der Waals surface area contributed by atoms with Crippen molar-refractivity contribution in [1.29, 1.82) is 0 Å². The molecule has 0 fully saturated rings. The number of nitrogens with zero attached hydrogens (tertiary/aromatic N) is 3. The highest BCUT2D eigenvalue weighted by molar-refractivity contribution is 7.15. The number of aromatic nitrogens is 3. The van der Waals surface area contributed by atoms with Gasteiger partial charge >= 0.3 is 0 Å².